The smallest absolute Gasteiger partial charge is 0.227 e. The average molecular weight is 392 g/mol. The van der Waals surface area contributed by atoms with Gasteiger partial charge in [-0.05, 0) is 69.6 Å². The van der Waals surface area contributed by atoms with Crippen LogP contribution >= 0.6 is 0 Å². The second-order valence-electron chi connectivity index (χ2n) is 9.14. The Morgan fingerprint density at radius 3 is 2.41 bits per heavy atom. The Kier molecular flexibility index (Phi) is 4.52. The number of likely N-dealkylation sites (tertiary alicyclic amines) is 1. The van der Waals surface area contributed by atoms with Crippen LogP contribution < -0.4 is 5.32 Å². The van der Waals surface area contributed by atoms with Gasteiger partial charge in [0.1, 0.15) is 0 Å². The SMILES string of the molecule is Cc1cc(C)nc(Nc2ccc(C3CCN(C(=O)[C@H]4CC45CCC5)CC3)nc2)n1. The van der Waals surface area contributed by atoms with Crippen LogP contribution in [0.2, 0.25) is 0 Å². The van der Waals surface area contributed by atoms with E-state index in [4.69, 9.17) is 0 Å². The van der Waals surface area contributed by atoms with E-state index in [1.807, 2.05) is 32.2 Å². The van der Waals surface area contributed by atoms with Gasteiger partial charge in [-0.3, -0.25) is 9.78 Å². The van der Waals surface area contributed by atoms with Crippen molar-refractivity contribution >= 4 is 17.5 Å². The van der Waals surface area contributed by atoms with E-state index in [0.717, 1.165) is 55.1 Å². The Balaban J connectivity index is 1.16. The summed E-state index contributed by atoms with van der Waals surface area (Å²) >= 11 is 0. The van der Waals surface area contributed by atoms with E-state index in [1.165, 1.54) is 19.3 Å². The third-order valence-electron chi connectivity index (χ3n) is 7.09. The van der Waals surface area contributed by atoms with Gasteiger partial charge in [0.2, 0.25) is 11.9 Å². The van der Waals surface area contributed by atoms with Crippen LogP contribution in [-0.4, -0.2) is 38.8 Å². The van der Waals surface area contributed by atoms with Crippen molar-refractivity contribution in [2.75, 3.05) is 18.4 Å². The van der Waals surface area contributed by atoms with E-state index in [-0.39, 0.29) is 0 Å². The van der Waals surface area contributed by atoms with E-state index in [9.17, 15) is 4.79 Å². The molecule has 1 saturated heterocycles. The Hall–Kier alpha value is -2.50. The van der Waals surface area contributed by atoms with Crippen molar-refractivity contribution in [2.45, 2.75) is 58.3 Å². The van der Waals surface area contributed by atoms with Crippen molar-refractivity contribution in [3.8, 4) is 0 Å². The summed E-state index contributed by atoms with van der Waals surface area (Å²) in [6, 6.07) is 6.10. The normalized spacial score (nSPS) is 23.0. The largest absolute Gasteiger partial charge is 0.342 e. The fourth-order valence-corrected chi connectivity index (χ4v) is 5.13. The van der Waals surface area contributed by atoms with Gasteiger partial charge in [-0.25, -0.2) is 9.97 Å². The zero-order valence-corrected chi connectivity index (χ0v) is 17.3. The van der Waals surface area contributed by atoms with Crippen LogP contribution in [-0.2, 0) is 4.79 Å². The minimum atomic E-state index is 0.337. The quantitative estimate of drug-likeness (QED) is 0.849. The van der Waals surface area contributed by atoms with Crippen molar-refractivity contribution in [1.82, 2.24) is 19.9 Å². The predicted octanol–water partition coefficient (Wildman–Crippen LogP) is 4.13. The predicted molar refractivity (Wildman–Crippen MR) is 112 cm³/mol. The molecular weight excluding hydrogens is 362 g/mol. The van der Waals surface area contributed by atoms with Crippen LogP contribution in [0.25, 0.3) is 0 Å². The molecule has 2 aromatic rings. The number of nitrogens with zero attached hydrogens (tertiary/aromatic N) is 4. The summed E-state index contributed by atoms with van der Waals surface area (Å²) in [5.74, 6) is 1.79. The van der Waals surface area contributed by atoms with Crippen LogP contribution in [0.5, 0.6) is 0 Å². The zero-order valence-electron chi connectivity index (χ0n) is 17.3. The molecule has 0 unspecified atom stereocenters. The first-order valence-corrected chi connectivity index (χ1v) is 10.9. The second kappa shape index (κ2) is 7.08. The molecule has 3 aliphatic rings. The van der Waals surface area contributed by atoms with Crippen molar-refractivity contribution < 1.29 is 4.79 Å². The maximum Gasteiger partial charge on any atom is 0.227 e. The molecule has 1 atom stereocenters. The molecule has 0 bridgehead atoms. The third-order valence-corrected chi connectivity index (χ3v) is 7.09. The van der Waals surface area contributed by atoms with Gasteiger partial charge < -0.3 is 10.2 Å². The summed E-state index contributed by atoms with van der Waals surface area (Å²) < 4.78 is 0. The number of carbonyl (C=O) groups is 1. The molecule has 5 rings (SSSR count). The second-order valence-corrected chi connectivity index (χ2v) is 9.14. The number of aromatic nitrogens is 3. The van der Waals surface area contributed by atoms with Crippen molar-refractivity contribution in [2.24, 2.45) is 11.3 Å². The molecule has 1 amide bonds. The number of carbonyl (C=O) groups excluding carboxylic acids is 1. The summed E-state index contributed by atoms with van der Waals surface area (Å²) in [7, 11) is 0. The molecule has 2 aromatic heterocycles. The Morgan fingerprint density at radius 2 is 1.86 bits per heavy atom. The Labute approximate surface area is 172 Å². The monoisotopic (exact) mass is 391 g/mol. The molecule has 2 saturated carbocycles. The van der Waals surface area contributed by atoms with E-state index < -0.39 is 0 Å². The molecule has 0 radical (unpaired) electrons. The number of amides is 1. The van der Waals surface area contributed by atoms with Crippen molar-refractivity contribution in [1.29, 1.82) is 0 Å². The van der Waals surface area contributed by atoms with Gasteiger partial charge in [0.15, 0.2) is 0 Å². The first-order chi connectivity index (χ1) is 14.0. The van der Waals surface area contributed by atoms with Crippen LogP contribution in [0.3, 0.4) is 0 Å². The van der Waals surface area contributed by atoms with Crippen LogP contribution in [0.1, 0.15) is 61.5 Å². The molecule has 6 heteroatoms. The molecule has 3 fully saturated rings. The highest BCUT2D eigenvalue weighted by atomic mass is 16.2. The molecule has 3 heterocycles. The van der Waals surface area contributed by atoms with Gasteiger partial charge in [0.25, 0.3) is 0 Å². The molecule has 1 spiro atoms. The lowest BCUT2D eigenvalue weighted by atomic mass is 9.79. The number of piperidine rings is 1. The molecule has 1 aliphatic heterocycles. The lowest BCUT2D eigenvalue weighted by Gasteiger charge is -2.34. The third kappa shape index (κ3) is 3.61. The standard InChI is InChI=1S/C23H29N5O/c1-15-12-16(2)26-22(25-15)27-18-4-5-20(24-14-18)17-6-10-28(11-7-17)21(29)19-13-23(19)8-3-9-23/h4-5,12,14,17,19H,3,6-11,13H2,1-2H3,(H,25,26,27)/t19-/m1/s1. The average Bonchev–Trinajstić information content (AvgIpc) is 3.44. The molecule has 1 N–H and O–H groups in total. The topological polar surface area (TPSA) is 71.0 Å². The minimum Gasteiger partial charge on any atom is -0.342 e. The maximum atomic E-state index is 12.8. The number of anilines is 2. The van der Waals surface area contributed by atoms with Gasteiger partial charge in [0, 0.05) is 42.0 Å². The summed E-state index contributed by atoms with van der Waals surface area (Å²) in [5.41, 5.74) is 4.33. The summed E-state index contributed by atoms with van der Waals surface area (Å²) in [5, 5.41) is 3.24. The fraction of sp³-hybridized carbons (Fsp3) is 0.565. The van der Waals surface area contributed by atoms with Crippen LogP contribution in [0.4, 0.5) is 11.6 Å². The Morgan fingerprint density at radius 1 is 1.14 bits per heavy atom. The van der Waals surface area contributed by atoms with Crippen molar-refractivity contribution in [3.63, 3.8) is 0 Å². The van der Waals surface area contributed by atoms with Gasteiger partial charge in [-0.15, -0.1) is 0 Å². The maximum absolute atomic E-state index is 12.8. The van der Waals surface area contributed by atoms with E-state index in [1.54, 1.807) is 0 Å². The highest BCUT2D eigenvalue weighted by Gasteiger charge is 2.61. The first kappa shape index (κ1) is 18.5. The van der Waals surface area contributed by atoms with Gasteiger partial charge >= 0.3 is 0 Å². The van der Waals surface area contributed by atoms with Gasteiger partial charge in [-0.2, -0.15) is 0 Å². The summed E-state index contributed by atoms with van der Waals surface area (Å²) in [6.45, 7) is 5.67. The number of rotatable bonds is 4. The highest BCUT2D eigenvalue weighted by Crippen LogP contribution is 2.66. The van der Waals surface area contributed by atoms with E-state index in [2.05, 4.69) is 31.2 Å². The molecule has 152 valence electrons. The van der Waals surface area contributed by atoms with E-state index in [0.29, 0.717) is 29.1 Å². The van der Waals surface area contributed by atoms with E-state index >= 15 is 0 Å². The number of pyridine rings is 1. The van der Waals surface area contributed by atoms with Gasteiger partial charge in [-0.1, -0.05) is 6.42 Å². The van der Waals surface area contributed by atoms with Crippen LogP contribution in [0, 0.1) is 25.2 Å². The lowest BCUT2D eigenvalue weighted by Crippen LogP contribution is -2.40. The summed E-state index contributed by atoms with van der Waals surface area (Å²) in [6.07, 6.45) is 8.88. The zero-order chi connectivity index (χ0) is 20.0. The molecule has 6 nitrogen and oxygen atoms in total. The first-order valence-electron chi connectivity index (χ1n) is 10.9. The molecule has 2 aliphatic carbocycles. The van der Waals surface area contributed by atoms with Gasteiger partial charge in [0.05, 0.1) is 11.9 Å². The molecule has 29 heavy (non-hydrogen) atoms. The highest BCUT2D eigenvalue weighted by molar-refractivity contribution is 5.83. The van der Waals surface area contributed by atoms with Crippen LogP contribution in [0.15, 0.2) is 24.4 Å². The minimum absolute atomic E-state index is 0.337. The van der Waals surface area contributed by atoms with Crippen molar-refractivity contribution in [3.05, 3.63) is 41.5 Å². The Bertz CT molecular complexity index is 893. The molecular formula is C23H29N5O. The number of hydrogen-bond acceptors (Lipinski definition) is 5. The number of hydrogen-bond donors (Lipinski definition) is 1. The fourth-order valence-electron chi connectivity index (χ4n) is 5.13. The lowest BCUT2D eigenvalue weighted by molar-refractivity contribution is -0.135. The summed E-state index contributed by atoms with van der Waals surface area (Å²) in [4.78, 5) is 28.4. The molecule has 0 aromatic carbocycles. The number of nitrogens with one attached hydrogen (secondary N) is 1. The number of aryl methyl sites for hydroxylation is 2.